The lowest BCUT2D eigenvalue weighted by molar-refractivity contribution is -0.138. The largest absolute Gasteiger partial charge is 0.479 e. The second-order valence-electron chi connectivity index (χ2n) is 10.9. The maximum absolute atomic E-state index is 14.0. The molecule has 216 valence electrons. The van der Waals surface area contributed by atoms with Gasteiger partial charge in [0.1, 0.15) is 23.1 Å². The van der Waals surface area contributed by atoms with Gasteiger partial charge in [-0.1, -0.05) is 12.5 Å². The quantitative estimate of drug-likeness (QED) is 0.393. The van der Waals surface area contributed by atoms with Crippen LogP contribution in [0.1, 0.15) is 58.3 Å². The van der Waals surface area contributed by atoms with Crippen LogP contribution in [-0.4, -0.2) is 40.9 Å². The van der Waals surface area contributed by atoms with Crippen molar-refractivity contribution in [3.63, 3.8) is 0 Å². The molecule has 3 aromatic rings. The number of nitrogens with one attached hydrogen (secondary N) is 2. The topological polar surface area (TPSA) is 92.8 Å². The molecular weight excluding hydrogens is 549 g/mol. The van der Waals surface area contributed by atoms with Crippen molar-refractivity contribution in [1.29, 1.82) is 0 Å². The van der Waals surface area contributed by atoms with Crippen LogP contribution >= 0.6 is 0 Å². The molecule has 7 rings (SSSR count). The lowest BCUT2D eigenvalue weighted by Gasteiger charge is -2.27. The summed E-state index contributed by atoms with van der Waals surface area (Å²) in [5, 5.41) is 5.51. The smallest absolute Gasteiger partial charge is 0.416 e. The fraction of sp³-hybridized carbons (Fsp3) is 0.323. The minimum atomic E-state index is -4.57. The number of fused-ring (bicyclic) bond motifs is 4. The van der Waals surface area contributed by atoms with E-state index in [1.807, 2.05) is 4.90 Å². The van der Waals surface area contributed by atoms with E-state index in [0.717, 1.165) is 55.1 Å². The molecule has 0 bridgehead atoms. The molecule has 2 aromatic carbocycles. The molecule has 4 aliphatic rings. The van der Waals surface area contributed by atoms with Crippen molar-refractivity contribution in [3.8, 4) is 17.2 Å². The number of carbonyl (C=O) groups excluding carboxylic acids is 2. The second-order valence-corrected chi connectivity index (χ2v) is 10.9. The van der Waals surface area contributed by atoms with Crippen LogP contribution in [0.5, 0.6) is 17.2 Å². The summed E-state index contributed by atoms with van der Waals surface area (Å²) in [7, 11) is 0. The highest BCUT2D eigenvalue weighted by Crippen LogP contribution is 2.52. The Hall–Kier alpha value is -4.38. The van der Waals surface area contributed by atoms with Gasteiger partial charge >= 0.3 is 6.18 Å². The summed E-state index contributed by atoms with van der Waals surface area (Å²) in [6, 6.07) is 10.9. The Morgan fingerprint density at radius 1 is 1.10 bits per heavy atom. The van der Waals surface area contributed by atoms with Crippen molar-refractivity contribution in [3.05, 3.63) is 82.2 Å². The van der Waals surface area contributed by atoms with Crippen LogP contribution in [-0.2, 0) is 23.9 Å². The predicted molar refractivity (Wildman–Crippen MR) is 147 cm³/mol. The highest BCUT2D eigenvalue weighted by atomic mass is 19.4. The molecule has 1 aromatic heterocycles. The average molecular weight is 577 g/mol. The van der Waals surface area contributed by atoms with E-state index in [1.54, 1.807) is 30.5 Å². The van der Waals surface area contributed by atoms with E-state index in [4.69, 9.17) is 9.47 Å². The number of nitrogens with zero attached hydrogens (tertiary/aromatic N) is 2. The van der Waals surface area contributed by atoms with Crippen molar-refractivity contribution in [2.45, 2.75) is 50.9 Å². The normalized spacial score (nSPS) is 19.3. The Balaban J connectivity index is 1.09. The van der Waals surface area contributed by atoms with E-state index in [1.165, 1.54) is 12.1 Å². The summed E-state index contributed by atoms with van der Waals surface area (Å²) < 4.78 is 54.0. The van der Waals surface area contributed by atoms with Crippen LogP contribution in [0.25, 0.3) is 5.57 Å². The second kappa shape index (κ2) is 10.2. The molecule has 2 N–H and O–H groups in total. The van der Waals surface area contributed by atoms with E-state index in [9.17, 15) is 22.8 Å². The Morgan fingerprint density at radius 2 is 1.93 bits per heavy atom. The maximum Gasteiger partial charge on any atom is 0.416 e. The Kier molecular flexibility index (Phi) is 6.41. The zero-order valence-corrected chi connectivity index (χ0v) is 22.5. The van der Waals surface area contributed by atoms with Gasteiger partial charge in [-0.25, -0.2) is 4.98 Å². The van der Waals surface area contributed by atoms with Gasteiger partial charge in [-0.05, 0) is 74.3 Å². The number of alkyl halides is 3. The first-order valence-electron chi connectivity index (χ1n) is 14.0. The summed E-state index contributed by atoms with van der Waals surface area (Å²) in [4.78, 5) is 31.0. The third-order valence-electron chi connectivity index (χ3n) is 8.09. The number of benzene rings is 2. The zero-order valence-electron chi connectivity index (χ0n) is 22.5. The summed E-state index contributed by atoms with van der Waals surface area (Å²) >= 11 is 0. The van der Waals surface area contributed by atoms with Gasteiger partial charge in [0.15, 0.2) is 6.10 Å². The first-order valence-corrected chi connectivity index (χ1v) is 14.0. The maximum atomic E-state index is 14.0. The van der Waals surface area contributed by atoms with Gasteiger partial charge in [-0.15, -0.1) is 0 Å². The zero-order chi connectivity index (χ0) is 29.0. The molecule has 1 unspecified atom stereocenters. The molecular formula is C31H27F3N4O4. The highest BCUT2D eigenvalue weighted by Gasteiger charge is 2.48. The monoisotopic (exact) mass is 576 g/mol. The highest BCUT2D eigenvalue weighted by molar-refractivity contribution is 6.02. The average Bonchev–Trinajstić information content (AvgIpc) is 3.49. The number of anilines is 1. The number of amides is 2. The van der Waals surface area contributed by atoms with Gasteiger partial charge in [-0.2, -0.15) is 13.2 Å². The number of aromatic nitrogens is 1. The molecule has 2 amide bonds. The van der Waals surface area contributed by atoms with Crippen LogP contribution in [0, 0.1) is 0 Å². The van der Waals surface area contributed by atoms with Crippen LogP contribution in [0.15, 0.2) is 54.4 Å². The van der Waals surface area contributed by atoms with Crippen LogP contribution in [0.3, 0.4) is 0 Å². The van der Waals surface area contributed by atoms with E-state index in [2.05, 4.69) is 15.6 Å². The number of carbonyl (C=O) groups is 2. The molecule has 11 heteroatoms. The van der Waals surface area contributed by atoms with Gasteiger partial charge in [0.25, 0.3) is 5.91 Å². The molecule has 0 saturated carbocycles. The molecule has 1 aliphatic carbocycles. The van der Waals surface area contributed by atoms with Crippen molar-refractivity contribution in [1.82, 2.24) is 15.2 Å². The van der Waals surface area contributed by atoms with E-state index in [-0.39, 0.29) is 23.6 Å². The Labute approximate surface area is 239 Å². The first-order chi connectivity index (χ1) is 20.2. The SMILES string of the molecule is O=C1CCc2c(Oc3ccc4c(c3)C3=C(NC(=O)c5ccc(CN6CCCCC6)c(C(F)(F)F)c5)C3O4)ccnc2N1. The summed E-state index contributed by atoms with van der Waals surface area (Å²) in [6.45, 7) is 1.75. The van der Waals surface area contributed by atoms with Crippen molar-refractivity contribution in [2.24, 2.45) is 0 Å². The van der Waals surface area contributed by atoms with Gasteiger partial charge in [-0.3, -0.25) is 14.5 Å². The molecule has 3 aliphatic heterocycles. The fourth-order valence-electron chi connectivity index (χ4n) is 5.90. The molecule has 0 radical (unpaired) electrons. The van der Waals surface area contributed by atoms with Gasteiger partial charge in [0.05, 0.1) is 11.3 Å². The lowest BCUT2D eigenvalue weighted by Crippen LogP contribution is -2.30. The van der Waals surface area contributed by atoms with Gasteiger partial charge < -0.3 is 20.1 Å². The number of likely N-dealkylation sites (tertiary alicyclic amines) is 1. The third kappa shape index (κ3) is 4.98. The van der Waals surface area contributed by atoms with Crippen LogP contribution in [0.2, 0.25) is 0 Å². The third-order valence-corrected chi connectivity index (χ3v) is 8.09. The summed E-state index contributed by atoms with van der Waals surface area (Å²) in [6.07, 6.45) is 0.438. The van der Waals surface area contributed by atoms with Crippen molar-refractivity contribution < 1.29 is 32.2 Å². The van der Waals surface area contributed by atoms with E-state index < -0.39 is 23.8 Å². The molecule has 4 heterocycles. The van der Waals surface area contributed by atoms with E-state index >= 15 is 0 Å². The molecule has 8 nitrogen and oxygen atoms in total. The molecule has 1 atom stereocenters. The minimum Gasteiger partial charge on any atom is -0.479 e. The summed E-state index contributed by atoms with van der Waals surface area (Å²) in [5.74, 6) is 1.52. The predicted octanol–water partition coefficient (Wildman–Crippen LogP) is 5.68. The number of hydrogen-bond donors (Lipinski definition) is 2. The lowest BCUT2D eigenvalue weighted by atomic mass is 10.0. The van der Waals surface area contributed by atoms with Gasteiger partial charge in [0.2, 0.25) is 5.91 Å². The van der Waals surface area contributed by atoms with E-state index in [0.29, 0.717) is 41.6 Å². The molecule has 0 spiro atoms. The Bertz CT molecular complexity index is 1650. The number of pyridine rings is 1. The van der Waals surface area contributed by atoms with Crippen molar-refractivity contribution >= 4 is 23.2 Å². The standard InChI is InChI=1S/C31H27F3N4O4/c32-31(33,34)22-14-17(4-5-18(22)16-38-12-2-1-3-13-38)30(40)37-27-26-21-15-19(6-8-23(21)42-28(26)27)41-24-10-11-35-29-20(24)7-9-25(39)36-29/h4-6,8,10-11,14-15,28H,1-3,7,9,12-13,16H2,(H,37,40)(H,35,36,39). The van der Waals surface area contributed by atoms with Gasteiger partial charge in [0, 0.05) is 41.4 Å². The number of hydrogen-bond acceptors (Lipinski definition) is 6. The minimum absolute atomic E-state index is 0.0605. The fourth-order valence-corrected chi connectivity index (χ4v) is 5.90. The van der Waals surface area contributed by atoms with Crippen molar-refractivity contribution in [2.75, 3.05) is 18.4 Å². The number of ether oxygens (including phenoxy) is 2. The molecule has 1 saturated heterocycles. The summed E-state index contributed by atoms with van der Waals surface area (Å²) in [5.41, 5.74) is 2.19. The number of rotatable bonds is 6. The first kappa shape index (κ1) is 26.5. The number of halogens is 3. The van der Waals surface area contributed by atoms with Crippen LogP contribution in [0.4, 0.5) is 19.0 Å². The Morgan fingerprint density at radius 3 is 2.74 bits per heavy atom. The molecule has 42 heavy (non-hydrogen) atoms. The van der Waals surface area contributed by atoms with Crippen LogP contribution < -0.4 is 20.1 Å². The molecule has 1 fully saturated rings. The number of piperidine rings is 1.